The zero-order valence-electron chi connectivity index (χ0n) is 10.8. The number of thioether (sulfide) groups is 1. The van der Waals surface area contributed by atoms with Crippen molar-refractivity contribution in [1.82, 2.24) is 19.5 Å². The van der Waals surface area contributed by atoms with E-state index in [0.29, 0.717) is 11.3 Å². The molecule has 0 aliphatic carbocycles. The second-order valence-electron chi connectivity index (χ2n) is 4.69. The summed E-state index contributed by atoms with van der Waals surface area (Å²) in [7, 11) is 0. The van der Waals surface area contributed by atoms with Crippen LogP contribution in [0.4, 0.5) is 5.82 Å². The number of nitrogen functional groups attached to an aromatic ring is 1. The number of aromatic nitrogens is 4. The lowest BCUT2D eigenvalue weighted by molar-refractivity contribution is 0.694. The van der Waals surface area contributed by atoms with Gasteiger partial charge in [0.05, 0.1) is 6.33 Å². The van der Waals surface area contributed by atoms with Crippen LogP contribution < -0.4 is 5.73 Å². The van der Waals surface area contributed by atoms with Gasteiger partial charge in [-0.1, -0.05) is 13.8 Å². The highest BCUT2D eigenvalue weighted by atomic mass is 32.2. The van der Waals surface area contributed by atoms with Gasteiger partial charge in [-0.25, -0.2) is 15.0 Å². The first-order chi connectivity index (χ1) is 8.68. The minimum absolute atomic E-state index is 0.452. The van der Waals surface area contributed by atoms with Gasteiger partial charge in [0.25, 0.3) is 0 Å². The van der Waals surface area contributed by atoms with Gasteiger partial charge < -0.3 is 10.3 Å². The maximum absolute atomic E-state index is 5.75. The standard InChI is InChI=1S/C12H19N5S/c1-9(2)6-18-5-3-4-17-8-16-10-11(13)14-7-15-12(10)17/h7-9H,3-6H2,1-2H3,(H2,13,14,15). The molecule has 18 heavy (non-hydrogen) atoms. The maximum Gasteiger partial charge on any atom is 0.165 e. The highest BCUT2D eigenvalue weighted by Gasteiger charge is 2.06. The molecule has 2 heterocycles. The number of nitrogens with zero attached hydrogens (tertiary/aromatic N) is 4. The van der Waals surface area contributed by atoms with E-state index >= 15 is 0 Å². The zero-order chi connectivity index (χ0) is 13.0. The highest BCUT2D eigenvalue weighted by molar-refractivity contribution is 7.99. The summed E-state index contributed by atoms with van der Waals surface area (Å²) in [6.45, 7) is 5.42. The molecule has 0 amide bonds. The van der Waals surface area contributed by atoms with E-state index in [9.17, 15) is 0 Å². The van der Waals surface area contributed by atoms with Crippen LogP contribution in [0.1, 0.15) is 20.3 Å². The Hall–Kier alpha value is -1.30. The summed E-state index contributed by atoms with van der Waals surface area (Å²) >= 11 is 2.00. The quantitative estimate of drug-likeness (QED) is 0.811. The highest BCUT2D eigenvalue weighted by Crippen LogP contribution is 2.15. The molecule has 5 nitrogen and oxygen atoms in total. The lowest BCUT2D eigenvalue weighted by Crippen LogP contribution is -2.01. The van der Waals surface area contributed by atoms with Gasteiger partial charge in [-0.2, -0.15) is 11.8 Å². The van der Waals surface area contributed by atoms with E-state index in [0.717, 1.165) is 24.5 Å². The van der Waals surface area contributed by atoms with E-state index < -0.39 is 0 Å². The number of fused-ring (bicyclic) bond motifs is 1. The maximum atomic E-state index is 5.75. The fraction of sp³-hybridized carbons (Fsp3) is 0.583. The Balaban J connectivity index is 1.90. The Morgan fingerprint density at radius 1 is 1.33 bits per heavy atom. The number of hydrogen-bond donors (Lipinski definition) is 1. The monoisotopic (exact) mass is 265 g/mol. The van der Waals surface area contributed by atoms with E-state index in [1.165, 1.54) is 17.8 Å². The van der Waals surface area contributed by atoms with Crippen molar-refractivity contribution in [2.24, 2.45) is 5.92 Å². The van der Waals surface area contributed by atoms with Crippen LogP contribution in [0.15, 0.2) is 12.7 Å². The number of aryl methyl sites for hydroxylation is 1. The van der Waals surface area contributed by atoms with Gasteiger partial charge in [0.15, 0.2) is 11.5 Å². The fourth-order valence-corrected chi connectivity index (χ4v) is 2.69. The van der Waals surface area contributed by atoms with Gasteiger partial charge in [0, 0.05) is 6.54 Å². The van der Waals surface area contributed by atoms with Crippen molar-refractivity contribution in [2.75, 3.05) is 17.2 Å². The molecule has 0 saturated carbocycles. The van der Waals surface area contributed by atoms with Crippen LogP contribution in [0.2, 0.25) is 0 Å². The lowest BCUT2D eigenvalue weighted by Gasteiger charge is -2.05. The van der Waals surface area contributed by atoms with Crippen molar-refractivity contribution in [3.8, 4) is 0 Å². The van der Waals surface area contributed by atoms with E-state index in [1.807, 2.05) is 16.3 Å². The molecule has 0 aliphatic heterocycles. The number of rotatable bonds is 6. The third kappa shape index (κ3) is 3.13. The SMILES string of the molecule is CC(C)CSCCCn1cnc2c(N)ncnc21. The van der Waals surface area contributed by atoms with Crippen LogP contribution in [0.3, 0.4) is 0 Å². The normalized spacial score (nSPS) is 11.5. The van der Waals surface area contributed by atoms with Crippen LogP contribution in [0, 0.1) is 5.92 Å². The first-order valence-corrected chi connectivity index (χ1v) is 7.33. The molecule has 0 radical (unpaired) electrons. The number of hydrogen-bond acceptors (Lipinski definition) is 5. The van der Waals surface area contributed by atoms with Crippen molar-refractivity contribution in [3.05, 3.63) is 12.7 Å². The minimum Gasteiger partial charge on any atom is -0.382 e. The largest absolute Gasteiger partial charge is 0.382 e. The Labute approximate surface area is 111 Å². The summed E-state index contributed by atoms with van der Waals surface area (Å²) in [5.41, 5.74) is 7.28. The van der Waals surface area contributed by atoms with Gasteiger partial charge in [-0.3, -0.25) is 0 Å². The summed E-state index contributed by atoms with van der Waals surface area (Å²) in [6.07, 6.45) is 4.40. The Kier molecular flexibility index (Phi) is 4.41. The van der Waals surface area contributed by atoms with E-state index in [4.69, 9.17) is 5.73 Å². The van der Waals surface area contributed by atoms with Crippen LogP contribution in [-0.2, 0) is 6.54 Å². The summed E-state index contributed by atoms with van der Waals surface area (Å²) in [4.78, 5) is 12.4. The molecule has 2 rings (SSSR count). The molecule has 2 aromatic heterocycles. The molecular weight excluding hydrogens is 246 g/mol. The Morgan fingerprint density at radius 2 is 2.17 bits per heavy atom. The van der Waals surface area contributed by atoms with Gasteiger partial charge in [-0.15, -0.1) is 0 Å². The Bertz CT molecular complexity index is 508. The van der Waals surface area contributed by atoms with Gasteiger partial charge >= 0.3 is 0 Å². The summed E-state index contributed by atoms with van der Waals surface area (Å²) < 4.78 is 2.04. The van der Waals surface area contributed by atoms with Gasteiger partial charge in [0.2, 0.25) is 0 Å². The summed E-state index contributed by atoms with van der Waals surface area (Å²) in [5.74, 6) is 3.60. The van der Waals surface area contributed by atoms with Crippen LogP contribution in [0.25, 0.3) is 11.2 Å². The van der Waals surface area contributed by atoms with Gasteiger partial charge in [-0.05, 0) is 23.8 Å². The molecule has 0 aliphatic rings. The van der Waals surface area contributed by atoms with Gasteiger partial charge in [0.1, 0.15) is 11.8 Å². The van der Waals surface area contributed by atoms with Crippen molar-refractivity contribution in [2.45, 2.75) is 26.8 Å². The molecule has 0 aromatic carbocycles. The molecule has 0 unspecified atom stereocenters. The van der Waals surface area contributed by atoms with Crippen LogP contribution in [-0.4, -0.2) is 31.0 Å². The molecular formula is C12H19N5S. The van der Waals surface area contributed by atoms with E-state index in [-0.39, 0.29) is 0 Å². The summed E-state index contributed by atoms with van der Waals surface area (Å²) in [6, 6.07) is 0. The molecule has 0 bridgehead atoms. The summed E-state index contributed by atoms with van der Waals surface area (Å²) in [5, 5.41) is 0. The predicted molar refractivity (Wildman–Crippen MR) is 76.5 cm³/mol. The topological polar surface area (TPSA) is 69.6 Å². The molecule has 0 spiro atoms. The molecule has 0 atom stereocenters. The lowest BCUT2D eigenvalue weighted by atomic mass is 10.3. The number of imidazole rings is 1. The Morgan fingerprint density at radius 3 is 2.94 bits per heavy atom. The first kappa shape index (κ1) is 13.1. The molecule has 6 heteroatoms. The van der Waals surface area contributed by atoms with E-state index in [1.54, 1.807) is 6.33 Å². The van der Waals surface area contributed by atoms with Crippen molar-refractivity contribution >= 4 is 28.7 Å². The number of anilines is 1. The smallest absolute Gasteiger partial charge is 0.165 e. The predicted octanol–water partition coefficient (Wildman–Crippen LogP) is 2.19. The first-order valence-electron chi connectivity index (χ1n) is 6.17. The minimum atomic E-state index is 0.452. The number of nitrogens with two attached hydrogens (primary N) is 1. The van der Waals surface area contributed by atoms with Crippen LogP contribution in [0.5, 0.6) is 0 Å². The van der Waals surface area contributed by atoms with Crippen molar-refractivity contribution < 1.29 is 0 Å². The third-order valence-electron chi connectivity index (χ3n) is 2.57. The van der Waals surface area contributed by atoms with Crippen molar-refractivity contribution in [3.63, 3.8) is 0 Å². The second-order valence-corrected chi connectivity index (χ2v) is 5.84. The average molecular weight is 265 g/mol. The third-order valence-corrected chi connectivity index (χ3v) is 4.05. The van der Waals surface area contributed by atoms with Crippen LogP contribution >= 0.6 is 11.8 Å². The molecule has 2 aromatic rings. The average Bonchev–Trinajstić information content (AvgIpc) is 2.73. The second kappa shape index (κ2) is 6.04. The molecule has 98 valence electrons. The molecule has 0 saturated heterocycles. The molecule has 0 fully saturated rings. The zero-order valence-corrected chi connectivity index (χ0v) is 11.7. The molecule has 2 N–H and O–H groups in total. The van der Waals surface area contributed by atoms with Crippen molar-refractivity contribution in [1.29, 1.82) is 0 Å². The van der Waals surface area contributed by atoms with E-state index in [2.05, 4.69) is 28.8 Å². The fourth-order valence-electron chi connectivity index (χ4n) is 1.72.